The average Bonchev–Trinajstić information content (AvgIpc) is 2.83. The number of aliphatic carboxylic acids is 1. The van der Waals surface area contributed by atoms with Gasteiger partial charge in [-0.15, -0.1) is 0 Å². The molecule has 2 aromatic carbocycles. The van der Waals surface area contributed by atoms with Crippen molar-refractivity contribution in [3.63, 3.8) is 0 Å². The minimum atomic E-state index is -1.09. The van der Waals surface area contributed by atoms with Gasteiger partial charge in [0.1, 0.15) is 17.2 Å². The van der Waals surface area contributed by atoms with Gasteiger partial charge >= 0.3 is 12.0 Å². The second kappa shape index (κ2) is 10.4. The third-order valence-corrected chi connectivity index (χ3v) is 5.05. The monoisotopic (exact) mass is 467 g/mol. The van der Waals surface area contributed by atoms with Crippen LogP contribution in [-0.2, 0) is 11.8 Å². The van der Waals surface area contributed by atoms with E-state index in [0.717, 1.165) is 10.5 Å². The second-order valence-corrected chi connectivity index (χ2v) is 7.33. The summed E-state index contributed by atoms with van der Waals surface area (Å²) < 4.78 is 11.9. The number of carbonyl (C=O) groups excluding carboxylic acids is 1. The van der Waals surface area contributed by atoms with Crippen molar-refractivity contribution < 1.29 is 29.3 Å². The number of aromatic hydroxyl groups is 1. The largest absolute Gasteiger partial charge is 0.505 e. The number of rotatable bonds is 8. The Labute approximate surface area is 195 Å². The van der Waals surface area contributed by atoms with Gasteiger partial charge in [0, 0.05) is 25.9 Å². The van der Waals surface area contributed by atoms with Crippen molar-refractivity contribution in [3.05, 3.63) is 65.1 Å². The van der Waals surface area contributed by atoms with Gasteiger partial charge in [-0.3, -0.25) is 14.5 Å². The number of carboxylic acids is 1. The van der Waals surface area contributed by atoms with E-state index >= 15 is 0 Å². The second-order valence-electron chi connectivity index (χ2n) is 7.33. The molecule has 0 aliphatic heterocycles. The van der Waals surface area contributed by atoms with Crippen LogP contribution in [0.5, 0.6) is 17.2 Å². The Morgan fingerprint density at radius 2 is 1.74 bits per heavy atom. The zero-order valence-corrected chi connectivity index (χ0v) is 18.9. The Bertz CT molecular complexity index is 1270. The van der Waals surface area contributed by atoms with Crippen LogP contribution in [0.4, 0.5) is 16.2 Å². The number of hydrogen-bond acceptors (Lipinski definition) is 6. The number of carboxylic acid groups (broad SMARTS) is 1. The van der Waals surface area contributed by atoms with Crippen LogP contribution in [0, 0.1) is 0 Å². The molecule has 0 saturated carbocycles. The minimum absolute atomic E-state index is 0.175. The van der Waals surface area contributed by atoms with Gasteiger partial charge in [-0.25, -0.2) is 4.79 Å². The number of anilines is 2. The molecule has 10 nitrogen and oxygen atoms in total. The van der Waals surface area contributed by atoms with Crippen LogP contribution in [0.3, 0.4) is 0 Å². The predicted octanol–water partition coefficient (Wildman–Crippen LogP) is 3.10. The molecule has 0 spiro atoms. The number of carbonyl (C=O) groups is 2. The molecule has 0 aliphatic rings. The number of ether oxygens (including phenoxy) is 2. The predicted molar refractivity (Wildman–Crippen MR) is 126 cm³/mol. The maximum absolute atomic E-state index is 13.2. The maximum atomic E-state index is 13.2. The topological polar surface area (TPSA) is 130 Å². The summed E-state index contributed by atoms with van der Waals surface area (Å²) in [6.07, 6.45) is 1.06. The Morgan fingerprint density at radius 1 is 1.03 bits per heavy atom. The standard InChI is InChI=1S/C24H25N3O7/c1-26-10-8-20(28)22(23(26)31)27(24(32)25-9-7-21(29)30)17-11-16(13-19(14-17)34-3)15-5-4-6-18(12-15)33-2/h4-6,8,10-14,28H,7,9H2,1-3H3,(H,25,32)(H,29,30). The molecule has 3 N–H and O–H groups in total. The lowest BCUT2D eigenvalue weighted by molar-refractivity contribution is -0.136. The summed E-state index contributed by atoms with van der Waals surface area (Å²) in [5.41, 5.74) is 0.727. The van der Waals surface area contributed by atoms with Gasteiger partial charge in [-0.05, 0) is 41.5 Å². The van der Waals surface area contributed by atoms with E-state index in [0.29, 0.717) is 17.1 Å². The summed E-state index contributed by atoms with van der Waals surface area (Å²) >= 11 is 0. The number of urea groups is 1. The van der Waals surface area contributed by atoms with E-state index < -0.39 is 23.3 Å². The lowest BCUT2D eigenvalue weighted by atomic mass is 10.0. The molecule has 0 bridgehead atoms. The van der Waals surface area contributed by atoms with Crippen molar-refractivity contribution in [1.82, 2.24) is 9.88 Å². The number of aryl methyl sites for hydroxylation is 1. The number of aromatic nitrogens is 1. The lowest BCUT2D eigenvalue weighted by Crippen LogP contribution is -2.41. The fourth-order valence-electron chi connectivity index (χ4n) is 3.32. The summed E-state index contributed by atoms with van der Waals surface area (Å²) in [7, 11) is 4.50. The number of nitrogens with one attached hydrogen (secondary N) is 1. The lowest BCUT2D eigenvalue weighted by Gasteiger charge is -2.25. The van der Waals surface area contributed by atoms with E-state index in [9.17, 15) is 19.5 Å². The van der Waals surface area contributed by atoms with Gasteiger partial charge in [0.05, 0.1) is 26.3 Å². The fraction of sp³-hybridized carbons (Fsp3) is 0.208. The van der Waals surface area contributed by atoms with Crippen molar-refractivity contribution in [3.8, 4) is 28.4 Å². The number of amides is 2. The number of hydrogen-bond donors (Lipinski definition) is 3. The molecule has 1 heterocycles. The first-order valence-electron chi connectivity index (χ1n) is 10.3. The van der Waals surface area contributed by atoms with E-state index in [-0.39, 0.29) is 24.3 Å². The molecule has 3 rings (SSSR count). The molecule has 2 amide bonds. The molecule has 0 fully saturated rings. The van der Waals surface area contributed by atoms with Crippen molar-refractivity contribution >= 4 is 23.4 Å². The van der Waals surface area contributed by atoms with Gasteiger partial charge in [-0.1, -0.05) is 12.1 Å². The van der Waals surface area contributed by atoms with E-state index in [4.69, 9.17) is 14.6 Å². The Kier molecular flexibility index (Phi) is 7.42. The zero-order valence-electron chi connectivity index (χ0n) is 18.9. The van der Waals surface area contributed by atoms with Crippen LogP contribution >= 0.6 is 0 Å². The van der Waals surface area contributed by atoms with Crippen LogP contribution in [0.2, 0.25) is 0 Å². The molecule has 0 saturated heterocycles. The van der Waals surface area contributed by atoms with Crippen LogP contribution in [0.15, 0.2) is 59.5 Å². The SMILES string of the molecule is COc1cccc(-c2cc(OC)cc(N(C(=O)NCCC(=O)O)c3c(O)ccn(C)c3=O)c2)c1. The zero-order chi connectivity index (χ0) is 24.8. The fourth-order valence-corrected chi connectivity index (χ4v) is 3.32. The van der Waals surface area contributed by atoms with Crippen LogP contribution in [0.25, 0.3) is 11.1 Å². The molecule has 0 aliphatic carbocycles. The number of nitrogens with zero attached hydrogens (tertiary/aromatic N) is 2. The third-order valence-electron chi connectivity index (χ3n) is 5.05. The Morgan fingerprint density at radius 3 is 2.41 bits per heavy atom. The summed E-state index contributed by atoms with van der Waals surface area (Å²) in [6.45, 7) is -0.175. The molecule has 0 radical (unpaired) electrons. The van der Waals surface area contributed by atoms with Gasteiger partial charge in [0.2, 0.25) is 0 Å². The van der Waals surface area contributed by atoms with E-state index in [2.05, 4.69) is 5.32 Å². The summed E-state index contributed by atoms with van der Waals surface area (Å²) in [5, 5.41) is 21.9. The summed E-state index contributed by atoms with van der Waals surface area (Å²) in [4.78, 5) is 38.0. The smallest absolute Gasteiger partial charge is 0.326 e. The summed E-state index contributed by atoms with van der Waals surface area (Å²) in [6, 6.07) is 12.7. The van der Waals surface area contributed by atoms with E-state index in [1.807, 2.05) is 12.1 Å². The molecule has 34 heavy (non-hydrogen) atoms. The van der Waals surface area contributed by atoms with Crippen molar-refractivity contribution in [1.29, 1.82) is 0 Å². The first-order valence-corrected chi connectivity index (χ1v) is 10.3. The quantitative estimate of drug-likeness (QED) is 0.464. The Balaban J connectivity index is 2.19. The first kappa shape index (κ1) is 24.2. The highest BCUT2D eigenvalue weighted by atomic mass is 16.5. The highest BCUT2D eigenvalue weighted by Gasteiger charge is 2.26. The maximum Gasteiger partial charge on any atom is 0.326 e. The molecular formula is C24H25N3O7. The van der Waals surface area contributed by atoms with Gasteiger partial charge in [-0.2, -0.15) is 0 Å². The number of pyridine rings is 1. The first-order chi connectivity index (χ1) is 16.2. The number of benzene rings is 2. The molecule has 1 aromatic heterocycles. The molecule has 0 unspecified atom stereocenters. The van der Waals surface area contributed by atoms with Crippen LogP contribution in [-0.4, -0.2) is 47.5 Å². The number of methoxy groups -OCH3 is 2. The molecule has 10 heteroatoms. The van der Waals surface area contributed by atoms with E-state index in [1.165, 1.54) is 37.1 Å². The van der Waals surface area contributed by atoms with Gasteiger partial charge < -0.3 is 29.6 Å². The molecule has 3 aromatic rings. The van der Waals surface area contributed by atoms with Crippen LogP contribution < -0.4 is 25.2 Å². The molecule has 0 atom stereocenters. The highest BCUT2D eigenvalue weighted by Crippen LogP contribution is 2.36. The highest BCUT2D eigenvalue weighted by molar-refractivity contribution is 6.01. The summed E-state index contributed by atoms with van der Waals surface area (Å²) in [5.74, 6) is -0.486. The van der Waals surface area contributed by atoms with Crippen LogP contribution in [0.1, 0.15) is 6.42 Å². The molecule has 178 valence electrons. The normalized spacial score (nSPS) is 10.4. The van der Waals surface area contributed by atoms with Gasteiger partial charge in [0.15, 0.2) is 5.69 Å². The molecular weight excluding hydrogens is 442 g/mol. The third kappa shape index (κ3) is 5.29. The van der Waals surface area contributed by atoms with E-state index in [1.54, 1.807) is 31.4 Å². The van der Waals surface area contributed by atoms with Crippen molar-refractivity contribution in [2.24, 2.45) is 7.05 Å². The van der Waals surface area contributed by atoms with Crippen molar-refractivity contribution in [2.75, 3.05) is 25.7 Å². The van der Waals surface area contributed by atoms with Gasteiger partial charge in [0.25, 0.3) is 5.56 Å². The van der Waals surface area contributed by atoms with Crippen molar-refractivity contribution in [2.45, 2.75) is 6.42 Å². The minimum Gasteiger partial charge on any atom is -0.505 e. The average molecular weight is 467 g/mol. The Hall–Kier alpha value is -4.47.